The fourth-order valence-electron chi connectivity index (χ4n) is 3.54. The zero-order chi connectivity index (χ0) is 9.97. The van der Waals surface area contributed by atoms with Crippen molar-refractivity contribution in [2.45, 2.75) is 57.9 Å². The predicted molar refractivity (Wildman–Crippen MR) is 61.4 cm³/mol. The molecule has 2 unspecified atom stereocenters. The van der Waals surface area contributed by atoms with Crippen LogP contribution in [-0.4, -0.2) is 24.5 Å². The van der Waals surface area contributed by atoms with E-state index in [0.717, 1.165) is 17.9 Å². The van der Waals surface area contributed by atoms with Crippen LogP contribution in [0.5, 0.6) is 0 Å². The van der Waals surface area contributed by atoms with E-state index in [1.54, 1.807) is 0 Å². The summed E-state index contributed by atoms with van der Waals surface area (Å²) in [6.45, 7) is 3.74. The Bertz CT molecular complexity index is 170. The van der Waals surface area contributed by atoms with Crippen LogP contribution >= 0.6 is 0 Å². The van der Waals surface area contributed by atoms with Crippen molar-refractivity contribution in [2.24, 2.45) is 11.8 Å². The van der Waals surface area contributed by atoms with Crippen molar-refractivity contribution < 1.29 is 0 Å². The van der Waals surface area contributed by atoms with Gasteiger partial charge in [-0.25, -0.2) is 0 Å². The van der Waals surface area contributed by atoms with Crippen molar-refractivity contribution in [3.63, 3.8) is 0 Å². The number of likely N-dealkylation sites (tertiary alicyclic amines) is 1. The molecule has 1 heterocycles. The number of nitrogens with zero attached hydrogens (tertiary/aromatic N) is 1. The van der Waals surface area contributed by atoms with E-state index in [0.29, 0.717) is 0 Å². The molecule has 1 aliphatic heterocycles. The van der Waals surface area contributed by atoms with E-state index in [1.807, 2.05) is 0 Å². The maximum Gasteiger partial charge on any atom is 0.0124 e. The zero-order valence-corrected chi connectivity index (χ0v) is 9.84. The third-order valence-corrected chi connectivity index (χ3v) is 4.25. The lowest BCUT2D eigenvalue weighted by Crippen LogP contribution is -2.32. The molecule has 0 amide bonds. The van der Waals surface area contributed by atoms with Crippen molar-refractivity contribution in [1.29, 1.82) is 0 Å². The van der Waals surface area contributed by atoms with Gasteiger partial charge in [-0.05, 0) is 38.1 Å². The van der Waals surface area contributed by atoms with Crippen molar-refractivity contribution >= 4 is 0 Å². The Morgan fingerprint density at radius 3 is 2.14 bits per heavy atom. The molecule has 1 saturated heterocycles. The van der Waals surface area contributed by atoms with Crippen LogP contribution in [0.1, 0.15) is 51.9 Å². The molecule has 1 aliphatic carbocycles. The van der Waals surface area contributed by atoms with Crippen LogP contribution in [0.2, 0.25) is 0 Å². The predicted octanol–water partition coefficient (Wildman–Crippen LogP) is 3.30. The molecule has 2 rings (SSSR count). The van der Waals surface area contributed by atoms with Crippen LogP contribution < -0.4 is 0 Å². The highest BCUT2D eigenvalue weighted by atomic mass is 15.2. The quantitative estimate of drug-likeness (QED) is 0.580. The molecule has 0 aromatic heterocycles. The molecule has 0 bridgehead atoms. The first-order valence-corrected chi connectivity index (χ1v) is 6.47. The summed E-state index contributed by atoms with van der Waals surface area (Å²) in [6, 6.07) is 0.920. The maximum atomic E-state index is 2.63. The fraction of sp³-hybridized carbons (Fsp3) is 1.00. The van der Waals surface area contributed by atoms with Crippen molar-refractivity contribution in [1.82, 2.24) is 4.90 Å². The van der Waals surface area contributed by atoms with E-state index in [-0.39, 0.29) is 0 Å². The molecule has 0 N–H and O–H groups in total. The second-order valence-corrected chi connectivity index (χ2v) is 5.60. The summed E-state index contributed by atoms with van der Waals surface area (Å²) in [5.74, 6) is 1.96. The van der Waals surface area contributed by atoms with Gasteiger partial charge >= 0.3 is 0 Å². The minimum Gasteiger partial charge on any atom is -0.303 e. The normalized spacial score (nSPS) is 37.3. The van der Waals surface area contributed by atoms with Gasteiger partial charge in [0.15, 0.2) is 0 Å². The van der Waals surface area contributed by atoms with Gasteiger partial charge in [0, 0.05) is 12.6 Å². The summed E-state index contributed by atoms with van der Waals surface area (Å²) in [5, 5.41) is 0. The second-order valence-electron chi connectivity index (χ2n) is 5.60. The standard InChI is InChI=1S/C13H25N/c1-11-9-13(14(2)10-11)12-7-5-3-4-6-8-12/h11-13H,3-10H2,1-2H3. The Morgan fingerprint density at radius 2 is 1.64 bits per heavy atom. The molecule has 82 valence electrons. The van der Waals surface area contributed by atoms with Crippen LogP contribution in [0.25, 0.3) is 0 Å². The number of rotatable bonds is 1. The summed E-state index contributed by atoms with van der Waals surface area (Å²) >= 11 is 0. The molecule has 2 aliphatic rings. The summed E-state index contributed by atoms with van der Waals surface area (Å²) in [7, 11) is 2.33. The van der Waals surface area contributed by atoms with Crippen molar-refractivity contribution in [2.75, 3.05) is 13.6 Å². The lowest BCUT2D eigenvalue weighted by molar-refractivity contribution is 0.210. The molecule has 14 heavy (non-hydrogen) atoms. The first-order chi connectivity index (χ1) is 6.77. The summed E-state index contributed by atoms with van der Waals surface area (Å²) in [5.41, 5.74) is 0. The Balaban J connectivity index is 1.92. The second kappa shape index (κ2) is 4.65. The molecular formula is C13H25N. The van der Waals surface area contributed by atoms with Crippen LogP contribution in [0.4, 0.5) is 0 Å². The molecule has 0 aromatic carbocycles. The van der Waals surface area contributed by atoms with Crippen molar-refractivity contribution in [3.8, 4) is 0 Å². The Kier molecular flexibility index (Phi) is 3.48. The average molecular weight is 195 g/mol. The molecule has 0 radical (unpaired) electrons. The zero-order valence-electron chi connectivity index (χ0n) is 9.84. The van der Waals surface area contributed by atoms with Gasteiger partial charge < -0.3 is 4.90 Å². The molecule has 1 nitrogen and oxygen atoms in total. The van der Waals surface area contributed by atoms with Crippen LogP contribution in [-0.2, 0) is 0 Å². The smallest absolute Gasteiger partial charge is 0.0124 e. The maximum absolute atomic E-state index is 2.63. The van der Waals surface area contributed by atoms with Gasteiger partial charge in [0.1, 0.15) is 0 Å². The highest BCUT2D eigenvalue weighted by Crippen LogP contribution is 2.34. The van der Waals surface area contributed by atoms with Gasteiger partial charge in [-0.1, -0.05) is 32.6 Å². The molecule has 1 saturated carbocycles. The largest absolute Gasteiger partial charge is 0.303 e. The number of hydrogen-bond donors (Lipinski definition) is 0. The lowest BCUT2D eigenvalue weighted by Gasteiger charge is -2.28. The first kappa shape index (κ1) is 10.5. The van der Waals surface area contributed by atoms with E-state index in [1.165, 1.54) is 51.5 Å². The lowest BCUT2D eigenvalue weighted by atomic mass is 9.89. The number of hydrogen-bond acceptors (Lipinski definition) is 1. The molecule has 0 aromatic rings. The first-order valence-electron chi connectivity index (χ1n) is 6.47. The van der Waals surface area contributed by atoms with Gasteiger partial charge in [0.2, 0.25) is 0 Å². The van der Waals surface area contributed by atoms with Crippen LogP contribution in [0.3, 0.4) is 0 Å². The highest BCUT2D eigenvalue weighted by Gasteiger charge is 2.32. The monoisotopic (exact) mass is 195 g/mol. The minimum absolute atomic E-state index is 0.920. The molecular weight excluding hydrogens is 170 g/mol. The SMILES string of the molecule is CC1CC(C2CCCCCC2)N(C)C1. The summed E-state index contributed by atoms with van der Waals surface area (Å²) in [6.07, 6.45) is 10.4. The van der Waals surface area contributed by atoms with Gasteiger partial charge in [-0.3, -0.25) is 0 Å². The highest BCUT2D eigenvalue weighted by molar-refractivity contribution is 4.87. The third kappa shape index (κ3) is 2.31. The van der Waals surface area contributed by atoms with Gasteiger partial charge in [-0.15, -0.1) is 0 Å². The Hall–Kier alpha value is -0.0400. The van der Waals surface area contributed by atoms with Gasteiger partial charge in [-0.2, -0.15) is 0 Å². The van der Waals surface area contributed by atoms with Crippen LogP contribution in [0, 0.1) is 11.8 Å². The van der Waals surface area contributed by atoms with E-state index in [4.69, 9.17) is 0 Å². The van der Waals surface area contributed by atoms with E-state index in [2.05, 4.69) is 18.9 Å². The molecule has 0 spiro atoms. The Labute approximate surface area is 88.9 Å². The molecule has 1 heteroatoms. The summed E-state index contributed by atoms with van der Waals surface area (Å²) in [4.78, 5) is 2.63. The molecule has 2 fully saturated rings. The van der Waals surface area contributed by atoms with E-state index in [9.17, 15) is 0 Å². The minimum atomic E-state index is 0.920. The fourth-order valence-corrected chi connectivity index (χ4v) is 3.54. The third-order valence-electron chi connectivity index (χ3n) is 4.25. The summed E-state index contributed by atoms with van der Waals surface area (Å²) < 4.78 is 0. The van der Waals surface area contributed by atoms with E-state index >= 15 is 0 Å². The van der Waals surface area contributed by atoms with Crippen LogP contribution in [0.15, 0.2) is 0 Å². The van der Waals surface area contributed by atoms with Crippen molar-refractivity contribution in [3.05, 3.63) is 0 Å². The topological polar surface area (TPSA) is 3.24 Å². The van der Waals surface area contributed by atoms with E-state index < -0.39 is 0 Å². The van der Waals surface area contributed by atoms with Gasteiger partial charge in [0.05, 0.1) is 0 Å². The molecule has 2 atom stereocenters. The van der Waals surface area contributed by atoms with Gasteiger partial charge in [0.25, 0.3) is 0 Å². The average Bonchev–Trinajstić information content (AvgIpc) is 2.43. The Morgan fingerprint density at radius 1 is 1.00 bits per heavy atom.